The Labute approximate surface area is 147 Å². The lowest BCUT2D eigenvalue weighted by atomic mass is 9.98. The Kier molecular flexibility index (Phi) is 4.94. The van der Waals surface area contributed by atoms with Crippen molar-refractivity contribution in [1.82, 2.24) is 9.88 Å². The van der Waals surface area contributed by atoms with Crippen LogP contribution in [0.1, 0.15) is 33.6 Å². The molecule has 1 aromatic carbocycles. The average molecular weight is 347 g/mol. The summed E-state index contributed by atoms with van der Waals surface area (Å²) in [5.41, 5.74) is 0.590. The zero-order valence-corrected chi connectivity index (χ0v) is 15.4. The second-order valence-corrected chi connectivity index (χ2v) is 8.33. The minimum atomic E-state index is -0.441. The summed E-state index contributed by atoms with van der Waals surface area (Å²) in [5, 5.41) is 4.39. The number of ether oxygens (including phenoxy) is 1. The van der Waals surface area contributed by atoms with Crippen LogP contribution >= 0.6 is 11.3 Å². The van der Waals surface area contributed by atoms with Crippen molar-refractivity contribution in [3.63, 3.8) is 0 Å². The number of rotatable bonds is 3. The number of thiazole rings is 1. The topological polar surface area (TPSA) is 54.5 Å². The van der Waals surface area contributed by atoms with Gasteiger partial charge in [-0.15, -0.1) is 0 Å². The van der Waals surface area contributed by atoms with Crippen LogP contribution < -0.4 is 5.32 Å². The molecule has 0 saturated carbocycles. The van der Waals surface area contributed by atoms with Crippen LogP contribution in [-0.2, 0) is 4.74 Å². The minimum Gasteiger partial charge on any atom is -0.444 e. The van der Waals surface area contributed by atoms with Crippen LogP contribution in [-0.4, -0.2) is 41.2 Å². The summed E-state index contributed by atoms with van der Waals surface area (Å²) in [7, 11) is 0. The molecule has 6 heteroatoms. The predicted molar refractivity (Wildman–Crippen MR) is 98.6 cm³/mol. The molecule has 24 heavy (non-hydrogen) atoms. The Bertz CT molecular complexity index is 675. The van der Waals surface area contributed by atoms with Crippen LogP contribution in [0.2, 0.25) is 0 Å². The Balaban J connectivity index is 1.54. The van der Waals surface area contributed by atoms with E-state index < -0.39 is 5.60 Å². The van der Waals surface area contributed by atoms with Crippen LogP contribution in [0.5, 0.6) is 0 Å². The summed E-state index contributed by atoms with van der Waals surface area (Å²) in [4.78, 5) is 18.7. The van der Waals surface area contributed by atoms with E-state index in [1.165, 1.54) is 4.70 Å². The molecule has 5 nitrogen and oxygen atoms in total. The molecule has 2 heterocycles. The molecule has 2 aromatic rings. The van der Waals surface area contributed by atoms with Crippen LogP contribution in [0.25, 0.3) is 10.2 Å². The number of carbonyl (C=O) groups excluding carboxylic acids is 1. The van der Waals surface area contributed by atoms with E-state index in [1.54, 1.807) is 11.3 Å². The van der Waals surface area contributed by atoms with Crippen molar-refractivity contribution in [2.24, 2.45) is 5.92 Å². The molecule has 130 valence electrons. The van der Waals surface area contributed by atoms with E-state index >= 15 is 0 Å². The molecule has 1 aliphatic rings. The fourth-order valence-electron chi connectivity index (χ4n) is 2.90. The average Bonchev–Trinajstić information content (AvgIpc) is 2.94. The SMILES string of the molecule is CC(C)(C)OC(=O)N1CCCC(CNc2nc3ccccc3s2)C1. The third-order valence-electron chi connectivity index (χ3n) is 4.01. The zero-order chi connectivity index (χ0) is 17.2. The molecule has 0 aliphatic carbocycles. The molecule has 0 bridgehead atoms. The molecule has 1 amide bonds. The van der Waals surface area contributed by atoms with Gasteiger partial charge in [-0.2, -0.15) is 0 Å². The second-order valence-electron chi connectivity index (χ2n) is 7.30. The Hall–Kier alpha value is -1.82. The number of benzene rings is 1. The lowest BCUT2D eigenvalue weighted by molar-refractivity contribution is 0.0172. The van der Waals surface area contributed by atoms with Crippen molar-refractivity contribution < 1.29 is 9.53 Å². The van der Waals surface area contributed by atoms with Gasteiger partial charge in [-0.3, -0.25) is 0 Å². The van der Waals surface area contributed by atoms with Gasteiger partial charge in [0.1, 0.15) is 5.60 Å². The largest absolute Gasteiger partial charge is 0.444 e. The minimum absolute atomic E-state index is 0.202. The number of amides is 1. The van der Waals surface area contributed by atoms with Crippen molar-refractivity contribution >= 4 is 32.8 Å². The summed E-state index contributed by atoms with van der Waals surface area (Å²) >= 11 is 1.67. The number of fused-ring (bicyclic) bond motifs is 1. The number of piperidine rings is 1. The van der Waals surface area contributed by atoms with Gasteiger partial charge < -0.3 is 15.0 Å². The zero-order valence-electron chi connectivity index (χ0n) is 14.5. The third-order valence-corrected chi connectivity index (χ3v) is 5.00. The number of nitrogens with zero attached hydrogens (tertiary/aromatic N) is 2. The van der Waals surface area contributed by atoms with Gasteiger partial charge in [0.2, 0.25) is 0 Å². The number of carbonyl (C=O) groups is 1. The van der Waals surface area contributed by atoms with Crippen molar-refractivity contribution in [2.45, 2.75) is 39.2 Å². The molecule has 1 unspecified atom stereocenters. The molecular weight excluding hydrogens is 322 g/mol. The second kappa shape index (κ2) is 6.97. The number of aromatic nitrogens is 1. The van der Waals surface area contributed by atoms with Crippen molar-refractivity contribution in [2.75, 3.05) is 25.0 Å². The first-order chi connectivity index (χ1) is 11.4. The van der Waals surface area contributed by atoms with E-state index in [4.69, 9.17) is 4.74 Å². The summed E-state index contributed by atoms with van der Waals surface area (Å²) < 4.78 is 6.68. The highest BCUT2D eigenvalue weighted by Gasteiger charge is 2.27. The summed E-state index contributed by atoms with van der Waals surface area (Å²) in [6.45, 7) is 8.07. The summed E-state index contributed by atoms with van der Waals surface area (Å²) in [5.74, 6) is 0.429. The van der Waals surface area contributed by atoms with Gasteiger partial charge >= 0.3 is 6.09 Å². The first-order valence-electron chi connectivity index (χ1n) is 8.48. The van der Waals surface area contributed by atoms with Crippen LogP contribution in [0.3, 0.4) is 0 Å². The number of likely N-dealkylation sites (tertiary alicyclic amines) is 1. The van der Waals surface area contributed by atoms with Crippen molar-refractivity contribution in [3.05, 3.63) is 24.3 Å². The Morgan fingerprint density at radius 3 is 2.96 bits per heavy atom. The smallest absolute Gasteiger partial charge is 0.410 e. The van der Waals surface area contributed by atoms with Gasteiger partial charge in [0.15, 0.2) is 5.13 Å². The molecule has 1 saturated heterocycles. The van der Waals surface area contributed by atoms with Gasteiger partial charge in [-0.25, -0.2) is 9.78 Å². The Morgan fingerprint density at radius 1 is 1.42 bits per heavy atom. The van der Waals surface area contributed by atoms with E-state index in [9.17, 15) is 4.79 Å². The van der Waals surface area contributed by atoms with Gasteiger partial charge in [-0.05, 0) is 51.7 Å². The lowest BCUT2D eigenvalue weighted by Crippen LogP contribution is -2.44. The number of hydrogen-bond donors (Lipinski definition) is 1. The standard InChI is InChI=1S/C18H25N3O2S/c1-18(2,3)23-17(22)21-10-6-7-13(12-21)11-19-16-20-14-8-4-5-9-15(14)24-16/h4-5,8-9,13H,6-7,10-12H2,1-3H3,(H,19,20). The van der Waals surface area contributed by atoms with E-state index in [1.807, 2.05) is 43.9 Å². The van der Waals surface area contributed by atoms with Gasteiger partial charge in [0.05, 0.1) is 10.2 Å². The molecule has 0 radical (unpaired) electrons. The maximum atomic E-state index is 12.2. The maximum absolute atomic E-state index is 12.2. The molecular formula is C18H25N3O2S. The number of nitrogens with one attached hydrogen (secondary N) is 1. The van der Waals surface area contributed by atoms with E-state index in [0.717, 1.165) is 43.1 Å². The molecule has 1 N–H and O–H groups in total. The van der Waals surface area contributed by atoms with Gasteiger partial charge in [0.25, 0.3) is 0 Å². The highest BCUT2D eigenvalue weighted by Crippen LogP contribution is 2.26. The molecule has 1 aromatic heterocycles. The number of hydrogen-bond acceptors (Lipinski definition) is 5. The predicted octanol–water partition coefficient (Wildman–Crippen LogP) is 4.36. The van der Waals surface area contributed by atoms with Gasteiger partial charge in [-0.1, -0.05) is 23.5 Å². The van der Waals surface area contributed by atoms with Crippen molar-refractivity contribution in [1.29, 1.82) is 0 Å². The van der Waals surface area contributed by atoms with Crippen LogP contribution in [0.15, 0.2) is 24.3 Å². The van der Waals surface area contributed by atoms with Gasteiger partial charge in [0, 0.05) is 19.6 Å². The molecule has 3 rings (SSSR count). The summed E-state index contributed by atoms with van der Waals surface area (Å²) in [6.07, 6.45) is 1.94. The van der Waals surface area contributed by atoms with Crippen LogP contribution in [0, 0.1) is 5.92 Å². The Morgan fingerprint density at radius 2 is 2.21 bits per heavy atom. The first kappa shape index (κ1) is 17.0. The van der Waals surface area contributed by atoms with E-state index in [0.29, 0.717) is 5.92 Å². The molecule has 1 atom stereocenters. The van der Waals surface area contributed by atoms with Crippen molar-refractivity contribution in [3.8, 4) is 0 Å². The maximum Gasteiger partial charge on any atom is 0.410 e. The fourth-order valence-corrected chi connectivity index (χ4v) is 3.78. The normalized spacial score (nSPS) is 18.6. The molecule has 1 aliphatic heterocycles. The first-order valence-corrected chi connectivity index (χ1v) is 9.30. The third kappa shape index (κ3) is 4.38. The fraction of sp³-hybridized carbons (Fsp3) is 0.556. The monoisotopic (exact) mass is 347 g/mol. The summed E-state index contributed by atoms with van der Waals surface area (Å²) in [6, 6.07) is 8.15. The van der Waals surface area contributed by atoms with E-state index in [-0.39, 0.29) is 6.09 Å². The van der Waals surface area contributed by atoms with E-state index in [2.05, 4.69) is 16.4 Å². The highest BCUT2D eigenvalue weighted by molar-refractivity contribution is 7.22. The quantitative estimate of drug-likeness (QED) is 0.896. The number of anilines is 1. The lowest BCUT2D eigenvalue weighted by Gasteiger charge is -2.34. The van der Waals surface area contributed by atoms with Crippen LogP contribution in [0.4, 0.5) is 9.93 Å². The highest BCUT2D eigenvalue weighted by atomic mass is 32.1. The molecule has 0 spiro atoms. The molecule has 1 fully saturated rings. The number of para-hydroxylation sites is 1.